The second-order valence-electron chi connectivity index (χ2n) is 14.7. The fraction of sp³-hybridized carbons (Fsp3) is 0. The minimum absolute atomic E-state index is 0.270. The highest BCUT2D eigenvalue weighted by molar-refractivity contribution is 7.79. The van der Waals surface area contributed by atoms with Crippen molar-refractivity contribution in [3.63, 3.8) is 0 Å². The molecule has 0 radical (unpaired) electrons. The highest BCUT2D eigenvalue weighted by atomic mass is 31.3. The minimum atomic E-state index is -5.15. The van der Waals surface area contributed by atoms with E-state index in [2.05, 4.69) is 39.5 Å². The Hall–Kier alpha value is -9.93. The van der Waals surface area contributed by atoms with Crippen molar-refractivity contribution in [1.82, 2.24) is 0 Å². The molecule has 0 spiro atoms. The van der Waals surface area contributed by atoms with Gasteiger partial charge in [-0.25, -0.2) is 28.8 Å². The van der Waals surface area contributed by atoms with Gasteiger partial charge < -0.3 is 55.6 Å². The van der Waals surface area contributed by atoms with Crippen LogP contribution in [0.5, 0.6) is 69.0 Å². The van der Waals surface area contributed by atoms with Crippen LogP contribution in [-0.4, -0.2) is 35.8 Å². The van der Waals surface area contributed by atoms with E-state index < -0.39 is 58.8 Å². The molecule has 0 amide bonds. The van der Waals surface area contributed by atoms with Crippen LogP contribution in [0, 0.1) is 0 Å². The Balaban J connectivity index is 1.73. The van der Waals surface area contributed by atoms with E-state index in [1.165, 1.54) is 146 Å². The summed E-state index contributed by atoms with van der Waals surface area (Å²) in [6.07, 6.45) is 5.30. The fourth-order valence-electron chi connectivity index (χ4n) is 6.09. The third-order valence-electron chi connectivity index (χ3n) is 9.34. The van der Waals surface area contributed by atoms with Gasteiger partial charge in [0.25, 0.3) is 0 Å². The molecule has 0 saturated heterocycles. The molecule has 0 fully saturated rings. The second-order valence-corrected chi connectivity index (χ2v) is 20.9. The molecule has 0 atom stereocenters. The monoisotopic (exact) mass is 1110 g/mol. The first-order valence-corrected chi connectivity index (χ1v) is 26.9. The number of nitrogens with zero attached hydrogens (tertiary/aromatic N) is 3. The number of carbonyl (C=O) groups excluding carboxylic acids is 6. The molecular formula is C54H42N3O18P3. The predicted molar refractivity (Wildman–Crippen MR) is 285 cm³/mol. The Morgan fingerprint density at radius 1 is 0.256 bits per heavy atom. The normalized spacial score (nSPS) is 13.1. The number of hydrogen-bond donors (Lipinski definition) is 0. The summed E-state index contributed by atoms with van der Waals surface area (Å²) in [6.45, 7) is 21.0. The average molecular weight is 1110 g/mol. The molecule has 0 aliphatic carbocycles. The number of benzene rings is 6. The molecular weight excluding hydrogens is 1070 g/mol. The largest absolute Gasteiger partial charge is 0.461 e. The quantitative estimate of drug-likeness (QED) is 0.0236. The molecule has 396 valence electrons. The van der Waals surface area contributed by atoms with Crippen LogP contribution in [0.1, 0.15) is 0 Å². The van der Waals surface area contributed by atoms with Gasteiger partial charge in [-0.2, -0.15) is 0 Å². The van der Waals surface area contributed by atoms with Crippen molar-refractivity contribution in [1.29, 1.82) is 0 Å². The molecule has 0 N–H and O–H groups in total. The van der Waals surface area contributed by atoms with Crippen LogP contribution in [0.25, 0.3) is 0 Å². The Labute approximate surface area is 445 Å². The third-order valence-corrected chi connectivity index (χ3v) is 17.4. The van der Waals surface area contributed by atoms with Crippen LogP contribution in [0.3, 0.4) is 0 Å². The van der Waals surface area contributed by atoms with E-state index >= 15 is 0 Å². The van der Waals surface area contributed by atoms with E-state index in [9.17, 15) is 28.8 Å². The Morgan fingerprint density at radius 3 is 0.513 bits per heavy atom. The van der Waals surface area contributed by atoms with Crippen LogP contribution >= 0.6 is 23.0 Å². The molecule has 7 rings (SSSR count). The summed E-state index contributed by atoms with van der Waals surface area (Å²) in [5, 5.41) is 0. The molecule has 78 heavy (non-hydrogen) atoms. The summed E-state index contributed by atoms with van der Waals surface area (Å²) in [7, 11) is -15.5. The van der Waals surface area contributed by atoms with Crippen molar-refractivity contribution < 1.29 is 84.3 Å². The Morgan fingerprint density at radius 2 is 0.385 bits per heavy atom. The predicted octanol–water partition coefficient (Wildman–Crippen LogP) is 12.9. The lowest BCUT2D eigenvalue weighted by Crippen LogP contribution is -2.14. The summed E-state index contributed by atoms with van der Waals surface area (Å²) < 4.78 is 90.2. The SMILES string of the molecule is C=CC(=O)Oc1ccccc1OP1(Oc2ccccc2OC(=O)C=C)=NP(Oc2ccccc2OC(=O)C=C)(Oc2ccccc2OC(=O)C=C)=NP(Oc2ccccc2OC(=O)C=C)(Oc2ccccc2OC(=O)C=C)=N1. The molecule has 1 heterocycles. The molecule has 0 unspecified atom stereocenters. The smallest absolute Gasteiger partial charge is 0.419 e. The number of para-hydroxylation sites is 12. The maximum atomic E-state index is 12.9. The molecule has 1 aliphatic rings. The number of rotatable bonds is 24. The van der Waals surface area contributed by atoms with Gasteiger partial charge in [0.15, 0.2) is 69.0 Å². The van der Waals surface area contributed by atoms with Crippen molar-refractivity contribution in [2.24, 2.45) is 13.5 Å². The van der Waals surface area contributed by atoms with Crippen molar-refractivity contribution >= 4 is 58.8 Å². The van der Waals surface area contributed by atoms with Crippen molar-refractivity contribution in [3.05, 3.63) is 222 Å². The maximum absolute atomic E-state index is 12.9. The topological polar surface area (TPSA) is 250 Å². The van der Waals surface area contributed by atoms with Gasteiger partial charge in [0.1, 0.15) is 0 Å². The molecule has 0 aromatic heterocycles. The van der Waals surface area contributed by atoms with Crippen LogP contribution in [0.2, 0.25) is 0 Å². The van der Waals surface area contributed by atoms with Gasteiger partial charge in [0.2, 0.25) is 0 Å². The first-order chi connectivity index (χ1) is 37.6. The van der Waals surface area contributed by atoms with Crippen molar-refractivity contribution in [3.8, 4) is 69.0 Å². The number of esters is 6. The summed E-state index contributed by atoms with van der Waals surface area (Å²) in [6, 6.07) is 34.0. The Kier molecular flexibility index (Phi) is 18.3. The molecule has 0 bridgehead atoms. The average Bonchev–Trinajstić information content (AvgIpc) is 3.60. The van der Waals surface area contributed by atoms with E-state index in [-0.39, 0.29) is 69.0 Å². The number of ether oxygens (including phenoxy) is 6. The molecule has 24 heteroatoms. The standard InChI is InChI=1S/C54H42N3O18P3/c1-7-49(58)64-37-25-13-19-31-43(37)70-76(71-44-32-20-14-26-38(44)65-50(59)8-2)55-77(72-45-33-21-15-27-39(45)66-51(60)9-3,73-46-34-22-16-28-40(46)67-52(61)10-4)57-78(56-76,74-47-35-23-17-29-41(47)68-53(62)11-5)75-48-36-24-18-30-42(48)69-54(63)12-6/h7-36H,1-6H2. The van der Waals surface area contributed by atoms with Gasteiger partial charge in [-0.1, -0.05) is 126 Å². The van der Waals surface area contributed by atoms with E-state index in [0.29, 0.717) is 0 Å². The van der Waals surface area contributed by atoms with E-state index in [4.69, 9.17) is 69.1 Å². The first-order valence-electron chi connectivity index (χ1n) is 22.3. The van der Waals surface area contributed by atoms with Crippen LogP contribution in [-0.2, 0) is 28.8 Å². The highest BCUT2D eigenvalue weighted by Gasteiger charge is 2.50. The minimum Gasteiger partial charge on any atom is -0.419 e. The lowest BCUT2D eigenvalue weighted by atomic mass is 10.3. The highest BCUT2D eigenvalue weighted by Crippen LogP contribution is 2.80. The molecule has 6 aromatic carbocycles. The van der Waals surface area contributed by atoms with Gasteiger partial charge in [0.05, 0.1) is 0 Å². The van der Waals surface area contributed by atoms with Crippen LogP contribution in [0.4, 0.5) is 0 Å². The van der Waals surface area contributed by atoms with Crippen LogP contribution < -0.4 is 55.6 Å². The zero-order valence-electron chi connectivity index (χ0n) is 40.6. The van der Waals surface area contributed by atoms with Gasteiger partial charge in [-0.3, -0.25) is 0 Å². The van der Waals surface area contributed by atoms with Crippen LogP contribution in [0.15, 0.2) is 235 Å². The van der Waals surface area contributed by atoms with E-state index in [0.717, 1.165) is 36.5 Å². The summed E-state index contributed by atoms with van der Waals surface area (Å²) >= 11 is 0. The zero-order chi connectivity index (χ0) is 55.7. The molecule has 1 aliphatic heterocycles. The first kappa shape index (κ1) is 55.8. The lowest BCUT2D eigenvalue weighted by molar-refractivity contribution is -0.129. The number of carbonyl (C=O) groups is 6. The summed E-state index contributed by atoms with van der Waals surface area (Å²) in [5.41, 5.74) is 0. The molecule has 21 nitrogen and oxygen atoms in total. The second kappa shape index (κ2) is 25.5. The maximum Gasteiger partial charge on any atom is 0.461 e. The number of hydrogen-bond acceptors (Lipinski definition) is 21. The van der Waals surface area contributed by atoms with Gasteiger partial charge in [-0.05, 0) is 72.8 Å². The van der Waals surface area contributed by atoms with Crippen molar-refractivity contribution in [2.75, 3.05) is 0 Å². The summed E-state index contributed by atoms with van der Waals surface area (Å²) in [4.78, 5) is 77.6. The Bertz CT molecular complexity index is 2990. The third kappa shape index (κ3) is 14.3. The molecule has 0 saturated carbocycles. The van der Waals surface area contributed by atoms with Gasteiger partial charge in [0, 0.05) is 36.5 Å². The van der Waals surface area contributed by atoms with E-state index in [1.54, 1.807) is 0 Å². The van der Waals surface area contributed by atoms with E-state index in [1.807, 2.05) is 0 Å². The summed E-state index contributed by atoms with van der Waals surface area (Å²) in [5.74, 6) is -9.22. The lowest BCUT2D eigenvalue weighted by Gasteiger charge is -2.33. The zero-order valence-corrected chi connectivity index (χ0v) is 43.3. The molecule has 6 aromatic rings. The van der Waals surface area contributed by atoms with Gasteiger partial charge >= 0.3 is 58.8 Å². The van der Waals surface area contributed by atoms with Gasteiger partial charge in [-0.15, -0.1) is 0 Å². The fourth-order valence-corrected chi connectivity index (χ4v) is 15.2. The van der Waals surface area contributed by atoms with Crippen molar-refractivity contribution in [2.45, 2.75) is 0 Å².